The summed E-state index contributed by atoms with van der Waals surface area (Å²) in [6.07, 6.45) is 5.13. The van der Waals surface area contributed by atoms with Crippen molar-refractivity contribution in [2.75, 3.05) is 0 Å². The summed E-state index contributed by atoms with van der Waals surface area (Å²) >= 11 is 0. The van der Waals surface area contributed by atoms with Crippen LogP contribution in [0.1, 0.15) is 44.6 Å². The zero-order valence-electron chi connectivity index (χ0n) is 10.9. The molecule has 3 heteroatoms. The van der Waals surface area contributed by atoms with Crippen LogP contribution in [0.3, 0.4) is 0 Å². The van der Waals surface area contributed by atoms with Crippen LogP contribution in [-0.2, 0) is 11.2 Å². The molecule has 1 atom stereocenters. The van der Waals surface area contributed by atoms with E-state index >= 15 is 0 Å². The molecule has 0 aliphatic rings. The number of rotatable bonds is 8. The van der Waals surface area contributed by atoms with Crippen molar-refractivity contribution < 1.29 is 14.3 Å². The summed E-state index contributed by atoms with van der Waals surface area (Å²) in [6, 6.07) is 6.41. The first-order valence-corrected chi connectivity index (χ1v) is 6.61. The van der Waals surface area contributed by atoms with Crippen LogP contribution in [0.25, 0.3) is 0 Å². The highest BCUT2D eigenvalue weighted by Crippen LogP contribution is 2.18. The molecule has 1 rings (SSSR count). The van der Waals surface area contributed by atoms with Gasteiger partial charge >= 0.3 is 5.97 Å². The topological polar surface area (TPSA) is 37.3 Å². The second-order valence-corrected chi connectivity index (χ2v) is 4.68. The van der Waals surface area contributed by atoms with Gasteiger partial charge in [-0.1, -0.05) is 50.8 Å². The van der Waals surface area contributed by atoms with Crippen molar-refractivity contribution in [3.8, 4) is 0 Å². The number of halogens is 1. The average molecular weight is 252 g/mol. The van der Waals surface area contributed by atoms with Gasteiger partial charge in [-0.15, -0.1) is 0 Å². The van der Waals surface area contributed by atoms with E-state index in [-0.39, 0.29) is 12.2 Å². The zero-order chi connectivity index (χ0) is 13.4. The molecule has 0 spiro atoms. The molecule has 0 aromatic heterocycles. The maximum absolute atomic E-state index is 13.5. The molecule has 0 aliphatic heterocycles. The first kappa shape index (κ1) is 14.7. The van der Waals surface area contributed by atoms with Crippen LogP contribution in [0.2, 0.25) is 0 Å². The van der Waals surface area contributed by atoms with Crippen LogP contribution in [0.5, 0.6) is 0 Å². The molecule has 0 aliphatic carbocycles. The molecule has 0 saturated carbocycles. The number of unbranched alkanes of at least 4 members (excludes halogenated alkanes) is 3. The predicted molar refractivity (Wildman–Crippen MR) is 70.0 cm³/mol. The molecule has 1 N–H and O–H groups in total. The SMILES string of the molecule is CCCCCCC(Cc1ccccc1F)C(=O)O. The second kappa shape index (κ2) is 7.85. The van der Waals surface area contributed by atoms with Gasteiger partial charge in [0.1, 0.15) is 5.82 Å². The van der Waals surface area contributed by atoms with Gasteiger partial charge in [0.2, 0.25) is 0 Å². The number of benzene rings is 1. The summed E-state index contributed by atoms with van der Waals surface area (Å²) in [5.41, 5.74) is 0.500. The minimum Gasteiger partial charge on any atom is -0.481 e. The van der Waals surface area contributed by atoms with E-state index < -0.39 is 11.9 Å². The molecule has 2 nitrogen and oxygen atoms in total. The molecular formula is C15H21FO2. The highest BCUT2D eigenvalue weighted by molar-refractivity contribution is 5.70. The van der Waals surface area contributed by atoms with Crippen LogP contribution in [-0.4, -0.2) is 11.1 Å². The summed E-state index contributed by atoms with van der Waals surface area (Å²) in [7, 11) is 0. The molecule has 1 aromatic rings. The molecule has 0 heterocycles. The van der Waals surface area contributed by atoms with E-state index in [1.807, 2.05) is 0 Å². The fourth-order valence-electron chi connectivity index (χ4n) is 2.06. The average Bonchev–Trinajstić information content (AvgIpc) is 2.35. The first-order valence-electron chi connectivity index (χ1n) is 6.61. The Morgan fingerprint density at radius 3 is 2.61 bits per heavy atom. The third-order valence-electron chi connectivity index (χ3n) is 3.18. The number of hydrogen-bond acceptors (Lipinski definition) is 1. The van der Waals surface area contributed by atoms with Gasteiger partial charge in [-0.3, -0.25) is 4.79 Å². The largest absolute Gasteiger partial charge is 0.481 e. The molecular weight excluding hydrogens is 231 g/mol. The van der Waals surface area contributed by atoms with E-state index in [0.29, 0.717) is 12.0 Å². The minimum absolute atomic E-state index is 0.286. The van der Waals surface area contributed by atoms with Crippen molar-refractivity contribution in [1.29, 1.82) is 0 Å². The van der Waals surface area contributed by atoms with Gasteiger partial charge in [0, 0.05) is 0 Å². The van der Waals surface area contributed by atoms with E-state index in [4.69, 9.17) is 5.11 Å². The highest BCUT2D eigenvalue weighted by atomic mass is 19.1. The third kappa shape index (κ3) is 4.86. The van der Waals surface area contributed by atoms with Crippen LogP contribution in [0.15, 0.2) is 24.3 Å². The summed E-state index contributed by atoms with van der Waals surface area (Å²) in [5.74, 6) is -1.61. The van der Waals surface area contributed by atoms with E-state index in [0.717, 1.165) is 25.7 Å². The van der Waals surface area contributed by atoms with Gasteiger partial charge in [0.25, 0.3) is 0 Å². The Bertz CT molecular complexity index is 377. The van der Waals surface area contributed by atoms with Gasteiger partial charge in [0.05, 0.1) is 5.92 Å². The third-order valence-corrected chi connectivity index (χ3v) is 3.18. The molecule has 1 aromatic carbocycles. The van der Waals surface area contributed by atoms with Crippen molar-refractivity contribution in [2.45, 2.75) is 45.4 Å². The summed E-state index contributed by atoms with van der Waals surface area (Å²) in [5, 5.41) is 9.16. The smallest absolute Gasteiger partial charge is 0.306 e. The van der Waals surface area contributed by atoms with Gasteiger partial charge < -0.3 is 5.11 Å². The van der Waals surface area contributed by atoms with E-state index in [2.05, 4.69) is 6.92 Å². The van der Waals surface area contributed by atoms with Crippen LogP contribution >= 0.6 is 0 Å². The monoisotopic (exact) mass is 252 g/mol. The number of carbonyl (C=O) groups is 1. The Morgan fingerprint density at radius 1 is 1.28 bits per heavy atom. The van der Waals surface area contributed by atoms with Crippen LogP contribution < -0.4 is 0 Å². The molecule has 0 amide bonds. The van der Waals surface area contributed by atoms with E-state index in [1.165, 1.54) is 6.07 Å². The summed E-state index contributed by atoms with van der Waals surface area (Å²) in [6.45, 7) is 2.12. The fourth-order valence-corrected chi connectivity index (χ4v) is 2.06. The second-order valence-electron chi connectivity index (χ2n) is 4.68. The predicted octanol–water partition coefficient (Wildman–Crippen LogP) is 4.04. The minimum atomic E-state index is -0.824. The van der Waals surface area contributed by atoms with Gasteiger partial charge in [0.15, 0.2) is 0 Å². The number of aliphatic carboxylic acids is 1. The van der Waals surface area contributed by atoms with Crippen LogP contribution in [0.4, 0.5) is 4.39 Å². The normalized spacial score (nSPS) is 12.3. The van der Waals surface area contributed by atoms with Crippen molar-refractivity contribution in [2.24, 2.45) is 5.92 Å². The molecule has 1 unspecified atom stereocenters. The van der Waals surface area contributed by atoms with Gasteiger partial charge in [-0.25, -0.2) is 4.39 Å². The van der Waals surface area contributed by atoms with Gasteiger partial charge in [-0.2, -0.15) is 0 Å². The summed E-state index contributed by atoms with van der Waals surface area (Å²) in [4.78, 5) is 11.2. The van der Waals surface area contributed by atoms with Gasteiger partial charge in [-0.05, 0) is 24.5 Å². The lowest BCUT2D eigenvalue weighted by Gasteiger charge is -2.12. The Balaban J connectivity index is 2.53. The Hall–Kier alpha value is -1.38. The maximum Gasteiger partial charge on any atom is 0.306 e. The van der Waals surface area contributed by atoms with Crippen molar-refractivity contribution in [3.63, 3.8) is 0 Å². The highest BCUT2D eigenvalue weighted by Gasteiger charge is 2.18. The Kier molecular flexibility index (Phi) is 6.40. The Morgan fingerprint density at radius 2 is 2.00 bits per heavy atom. The lowest BCUT2D eigenvalue weighted by molar-refractivity contribution is -0.142. The fraction of sp³-hybridized carbons (Fsp3) is 0.533. The number of carboxylic acid groups (broad SMARTS) is 1. The quantitative estimate of drug-likeness (QED) is 0.709. The molecule has 0 fully saturated rings. The molecule has 18 heavy (non-hydrogen) atoms. The maximum atomic E-state index is 13.5. The van der Waals surface area contributed by atoms with E-state index in [1.54, 1.807) is 18.2 Å². The number of carboxylic acids is 1. The van der Waals surface area contributed by atoms with Crippen molar-refractivity contribution >= 4 is 5.97 Å². The van der Waals surface area contributed by atoms with E-state index in [9.17, 15) is 9.18 Å². The van der Waals surface area contributed by atoms with Crippen LogP contribution in [0, 0.1) is 11.7 Å². The summed E-state index contributed by atoms with van der Waals surface area (Å²) < 4.78 is 13.5. The molecule has 0 bridgehead atoms. The Labute approximate surface area is 108 Å². The van der Waals surface area contributed by atoms with Crippen molar-refractivity contribution in [1.82, 2.24) is 0 Å². The lowest BCUT2D eigenvalue weighted by Crippen LogP contribution is -2.17. The standard InChI is InChI=1S/C15H21FO2/c1-2-3-4-5-9-13(15(17)18)11-12-8-6-7-10-14(12)16/h6-8,10,13H,2-5,9,11H2,1H3,(H,17,18). The number of hydrogen-bond donors (Lipinski definition) is 1. The first-order chi connectivity index (χ1) is 8.65. The lowest BCUT2D eigenvalue weighted by atomic mass is 9.93. The zero-order valence-corrected chi connectivity index (χ0v) is 10.9. The molecule has 0 saturated heterocycles. The molecule has 100 valence electrons. The van der Waals surface area contributed by atoms with Crippen molar-refractivity contribution in [3.05, 3.63) is 35.6 Å². The molecule has 0 radical (unpaired) electrons.